The minimum absolute atomic E-state index is 0.374. The zero-order chi connectivity index (χ0) is 16.7. The van der Waals surface area contributed by atoms with E-state index in [1.807, 2.05) is 24.3 Å². The van der Waals surface area contributed by atoms with Crippen molar-refractivity contribution in [3.05, 3.63) is 59.1 Å². The molecule has 0 atom stereocenters. The molecule has 0 spiro atoms. The molecule has 0 radical (unpaired) electrons. The van der Waals surface area contributed by atoms with E-state index in [0.29, 0.717) is 23.7 Å². The molecular formula is C17H17ClN2O3. The summed E-state index contributed by atoms with van der Waals surface area (Å²) in [5, 5.41) is 5.65. The number of methoxy groups -OCH3 is 1. The van der Waals surface area contributed by atoms with E-state index in [1.165, 1.54) is 0 Å². The fraction of sp³-hybridized carbons (Fsp3) is 0.176. The molecule has 0 unspecified atom stereocenters. The maximum absolute atomic E-state index is 11.8. The number of nitrogens with one attached hydrogen (secondary N) is 2. The Bertz CT molecular complexity index is 669. The summed E-state index contributed by atoms with van der Waals surface area (Å²) in [6.45, 7) is 0.374. The zero-order valence-electron chi connectivity index (χ0n) is 12.6. The third-order valence-corrected chi connectivity index (χ3v) is 3.42. The van der Waals surface area contributed by atoms with Crippen LogP contribution < -0.4 is 15.4 Å². The van der Waals surface area contributed by atoms with Crippen molar-refractivity contribution in [2.45, 2.75) is 6.42 Å². The Kier molecular flexibility index (Phi) is 6.00. The summed E-state index contributed by atoms with van der Waals surface area (Å²) in [6.07, 6.45) is 0.629. The van der Waals surface area contributed by atoms with E-state index >= 15 is 0 Å². The van der Waals surface area contributed by atoms with Gasteiger partial charge >= 0.3 is 11.8 Å². The summed E-state index contributed by atoms with van der Waals surface area (Å²) in [7, 11) is 1.61. The molecule has 120 valence electrons. The second kappa shape index (κ2) is 8.19. The molecule has 23 heavy (non-hydrogen) atoms. The number of carbonyl (C=O) groups excluding carboxylic acids is 2. The summed E-state index contributed by atoms with van der Waals surface area (Å²) < 4.78 is 5.08. The van der Waals surface area contributed by atoms with Gasteiger partial charge in [0.1, 0.15) is 5.75 Å². The standard InChI is InChI=1S/C17H17ClN2O3/c1-23-15-8-2-12(3-9-15)10-11-19-16(21)17(22)20-14-6-4-13(18)5-7-14/h2-9H,10-11H2,1H3,(H,19,21)(H,20,22). The molecule has 0 aliphatic heterocycles. The van der Waals surface area contributed by atoms with E-state index in [4.69, 9.17) is 16.3 Å². The first kappa shape index (κ1) is 16.8. The van der Waals surface area contributed by atoms with Gasteiger partial charge in [-0.05, 0) is 48.4 Å². The molecule has 0 fully saturated rings. The Morgan fingerprint density at radius 1 is 1.00 bits per heavy atom. The van der Waals surface area contributed by atoms with Gasteiger partial charge in [-0.3, -0.25) is 9.59 Å². The normalized spacial score (nSPS) is 10.0. The number of halogens is 1. The van der Waals surface area contributed by atoms with Gasteiger partial charge < -0.3 is 15.4 Å². The molecular weight excluding hydrogens is 316 g/mol. The second-order valence-corrected chi connectivity index (χ2v) is 5.25. The average molecular weight is 333 g/mol. The lowest BCUT2D eigenvalue weighted by Crippen LogP contribution is -2.36. The van der Waals surface area contributed by atoms with E-state index in [0.717, 1.165) is 11.3 Å². The minimum atomic E-state index is -0.706. The Labute approximate surface area is 139 Å². The zero-order valence-corrected chi connectivity index (χ0v) is 13.4. The number of benzene rings is 2. The Morgan fingerprint density at radius 2 is 1.65 bits per heavy atom. The van der Waals surface area contributed by atoms with Gasteiger partial charge in [0, 0.05) is 17.3 Å². The Balaban J connectivity index is 1.77. The van der Waals surface area contributed by atoms with E-state index in [1.54, 1.807) is 31.4 Å². The van der Waals surface area contributed by atoms with E-state index in [2.05, 4.69) is 10.6 Å². The number of rotatable bonds is 5. The predicted molar refractivity (Wildman–Crippen MR) is 89.8 cm³/mol. The van der Waals surface area contributed by atoms with Crippen molar-refractivity contribution in [1.82, 2.24) is 5.32 Å². The van der Waals surface area contributed by atoms with Crippen molar-refractivity contribution in [2.24, 2.45) is 0 Å². The highest BCUT2D eigenvalue weighted by atomic mass is 35.5. The van der Waals surface area contributed by atoms with Crippen LogP contribution in [0.15, 0.2) is 48.5 Å². The summed E-state index contributed by atoms with van der Waals surface area (Å²) in [5.74, 6) is -0.601. The third-order valence-electron chi connectivity index (χ3n) is 3.17. The van der Waals surface area contributed by atoms with Crippen LogP contribution in [0.4, 0.5) is 5.69 Å². The smallest absolute Gasteiger partial charge is 0.313 e. The number of anilines is 1. The minimum Gasteiger partial charge on any atom is -0.497 e. The number of ether oxygens (including phenoxy) is 1. The topological polar surface area (TPSA) is 67.4 Å². The highest BCUT2D eigenvalue weighted by Gasteiger charge is 2.12. The molecule has 5 nitrogen and oxygen atoms in total. The third kappa shape index (κ3) is 5.30. The Hall–Kier alpha value is -2.53. The van der Waals surface area contributed by atoms with Crippen molar-refractivity contribution < 1.29 is 14.3 Å². The van der Waals surface area contributed by atoms with Crippen LogP contribution in [-0.2, 0) is 16.0 Å². The molecule has 2 N–H and O–H groups in total. The number of amides is 2. The van der Waals surface area contributed by atoms with Crippen LogP contribution in [0.1, 0.15) is 5.56 Å². The molecule has 2 aromatic rings. The first-order chi connectivity index (χ1) is 11.1. The van der Waals surface area contributed by atoms with Crippen LogP contribution in [0, 0.1) is 0 Å². The molecule has 2 amide bonds. The van der Waals surface area contributed by atoms with Gasteiger partial charge in [0.15, 0.2) is 0 Å². The van der Waals surface area contributed by atoms with Gasteiger partial charge in [0.05, 0.1) is 7.11 Å². The largest absolute Gasteiger partial charge is 0.497 e. The molecule has 0 bridgehead atoms. The van der Waals surface area contributed by atoms with Gasteiger partial charge in [0.25, 0.3) is 0 Å². The average Bonchev–Trinajstić information content (AvgIpc) is 2.57. The van der Waals surface area contributed by atoms with Crippen LogP contribution in [0.2, 0.25) is 5.02 Å². The molecule has 0 aliphatic carbocycles. The fourth-order valence-corrected chi connectivity index (χ4v) is 2.04. The van der Waals surface area contributed by atoms with Crippen molar-refractivity contribution in [3.8, 4) is 5.75 Å². The molecule has 6 heteroatoms. The summed E-state index contributed by atoms with van der Waals surface area (Å²) in [6, 6.07) is 14.1. The molecule has 0 saturated carbocycles. The molecule has 0 saturated heterocycles. The predicted octanol–water partition coefficient (Wildman–Crippen LogP) is 2.65. The van der Waals surface area contributed by atoms with Gasteiger partial charge in [-0.15, -0.1) is 0 Å². The maximum Gasteiger partial charge on any atom is 0.313 e. The first-order valence-electron chi connectivity index (χ1n) is 7.06. The Morgan fingerprint density at radius 3 is 2.26 bits per heavy atom. The van der Waals surface area contributed by atoms with Gasteiger partial charge in [-0.2, -0.15) is 0 Å². The van der Waals surface area contributed by atoms with Crippen molar-refractivity contribution in [2.75, 3.05) is 19.0 Å². The highest BCUT2D eigenvalue weighted by molar-refractivity contribution is 6.39. The molecule has 0 aliphatic rings. The van der Waals surface area contributed by atoms with Crippen LogP contribution in [0.25, 0.3) is 0 Å². The summed E-state index contributed by atoms with van der Waals surface area (Å²) >= 11 is 5.76. The molecule has 0 heterocycles. The quantitative estimate of drug-likeness (QED) is 0.827. The van der Waals surface area contributed by atoms with Crippen molar-refractivity contribution >= 4 is 29.1 Å². The lowest BCUT2D eigenvalue weighted by atomic mass is 10.1. The highest BCUT2D eigenvalue weighted by Crippen LogP contribution is 2.13. The van der Waals surface area contributed by atoms with Crippen LogP contribution in [-0.4, -0.2) is 25.5 Å². The van der Waals surface area contributed by atoms with Crippen LogP contribution in [0.5, 0.6) is 5.75 Å². The van der Waals surface area contributed by atoms with E-state index < -0.39 is 11.8 Å². The second-order valence-electron chi connectivity index (χ2n) is 4.81. The van der Waals surface area contributed by atoms with Crippen LogP contribution >= 0.6 is 11.6 Å². The molecule has 0 aromatic heterocycles. The van der Waals surface area contributed by atoms with E-state index in [9.17, 15) is 9.59 Å². The maximum atomic E-state index is 11.8. The number of carbonyl (C=O) groups is 2. The number of hydrogen-bond acceptors (Lipinski definition) is 3. The number of hydrogen-bond donors (Lipinski definition) is 2. The summed E-state index contributed by atoms with van der Waals surface area (Å²) in [4.78, 5) is 23.5. The lowest BCUT2D eigenvalue weighted by Gasteiger charge is -2.07. The van der Waals surface area contributed by atoms with Crippen molar-refractivity contribution in [1.29, 1.82) is 0 Å². The monoisotopic (exact) mass is 332 g/mol. The van der Waals surface area contributed by atoms with Crippen LogP contribution in [0.3, 0.4) is 0 Å². The van der Waals surface area contributed by atoms with Gasteiger partial charge in [-0.25, -0.2) is 0 Å². The molecule has 2 aromatic carbocycles. The molecule has 2 rings (SSSR count). The SMILES string of the molecule is COc1ccc(CCNC(=O)C(=O)Nc2ccc(Cl)cc2)cc1. The van der Waals surface area contributed by atoms with E-state index in [-0.39, 0.29) is 0 Å². The fourth-order valence-electron chi connectivity index (χ4n) is 1.91. The van der Waals surface area contributed by atoms with Crippen molar-refractivity contribution in [3.63, 3.8) is 0 Å². The first-order valence-corrected chi connectivity index (χ1v) is 7.44. The summed E-state index contributed by atoms with van der Waals surface area (Å²) in [5.41, 5.74) is 1.56. The lowest BCUT2D eigenvalue weighted by molar-refractivity contribution is -0.136. The van der Waals surface area contributed by atoms with Gasteiger partial charge in [-0.1, -0.05) is 23.7 Å². The van der Waals surface area contributed by atoms with Gasteiger partial charge in [0.2, 0.25) is 0 Å².